The minimum atomic E-state index is -5.47. The summed E-state index contributed by atoms with van der Waals surface area (Å²) in [5, 5.41) is 81.7. The van der Waals surface area contributed by atoms with Gasteiger partial charge in [0.15, 0.2) is 17.2 Å². The highest BCUT2D eigenvalue weighted by molar-refractivity contribution is 7.87. The molecule has 31 nitrogen and oxygen atoms in total. The van der Waals surface area contributed by atoms with Crippen molar-refractivity contribution in [2.45, 2.75) is 24.5 Å². The Labute approximate surface area is 469 Å². The summed E-state index contributed by atoms with van der Waals surface area (Å²) in [6, 6.07) is 19.5. The van der Waals surface area contributed by atoms with Crippen LogP contribution < -0.4 is 5.73 Å². The van der Waals surface area contributed by atoms with Crippen molar-refractivity contribution in [3.05, 3.63) is 126 Å². The van der Waals surface area contributed by atoms with E-state index in [4.69, 9.17) is 5.73 Å². The molecule has 9 aromatic carbocycles. The van der Waals surface area contributed by atoms with Crippen molar-refractivity contribution in [2.24, 2.45) is 40.9 Å². The Balaban J connectivity index is 1.12. The second-order valence-corrected chi connectivity index (χ2v) is 24.4. The van der Waals surface area contributed by atoms with Gasteiger partial charge in [0.05, 0.1) is 45.0 Å². The second kappa shape index (κ2) is 21.1. The molecule has 9 rings (SSSR count). The Kier molecular flexibility index (Phi) is 14.8. The number of hydrogen-bond donors (Lipinski definition) is 11. The first-order valence-corrected chi connectivity index (χ1v) is 29.7. The first kappa shape index (κ1) is 58.8. The van der Waals surface area contributed by atoms with E-state index in [1.54, 1.807) is 0 Å². The van der Waals surface area contributed by atoms with Gasteiger partial charge in [0, 0.05) is 21.5 Å². The Morgan fingerprint density at radius 1 is 0.357 bits per heavy atom. The van der Waals surface area contributed by atoms with Gasteiger partial charge in [-0.1, -0.05) is 30.3 Å². The number of nitrogen functional groups attached to an aromatic ring is 1. The normalized spacial score (nSPS) is 13.0. The molecule has 0 amide bonds. The average Bonchev–Trinajstić information content (AvgIpc) is 1.05. The first-order valence-electron chi connectivity index (χ1n) is 22.5. The smallest absolute Gasteiger partial charge is 0.335 e. The van der Waals surface area contributed by atoms with Crippen molar-refractivity contribution in [1.29, 1.82) is 0 Å². The molecule has 0 spiro atoms. The third-order valence-corrected chi connectivity index (χ3v) is 16.5. The molecule has 0 aliphatic rings. The third kappa shape index (κ3) is 11.5. The standard InChI is InChI=1S/C48H31N9O22S5/c49-39-38-22(18-37(84(77,78)79)43(46(38)60)56-50-25-7-8-28-21(12-25)16-36(83(74,75)76)41(44(28)58)55-52-27-13-23(47(61)62)11-24(14-27)48(63)64)17-34(81(68,69)70)40(39)54-51-26-6-5-20-15-35(82(71,72)73)42(45(59)31(20)19-26)57-53-32-9-10-33(80(65,66)67)30-4-2-1-3-29(30)32/h1-19,58-60H,49H2,(H,61,62)(H,63,64)(H,65,66,67)(H,68,69,70)(H,71,72,73)(H,74,75,76)(H,77,78,79). The summed E-state index contributed by atoms with van der Waals surface area (Å²) < 4.78 is 176. The lowest BCUT2D eigenvalue weighted by Crippen LogP contribution is -2.03. The van der Waals surface area contributed by atoms with Crippen molar-refractivity contribution in [2.75, 3.05) is 5.73 Å². The molecule has 0 fully saturated rings. The molecule has 0 unspecified atom stereocenters. The van der Waals surface area contributed by atoms with E-state index in [-0.39, 0.29) is 49.4 Å². The molecule has 0 aliphatic heterocycles. The fraction of sp³-hybridized carbons (Fsp3) is 0. The van der Waals surface area contributed by atoms with Gasteiger partial charge >= 0.3 is 11.9 Å². The minimum Gasteiger partial charge on any atom is -0.505 e. The lowest BCUT2D eigenvalue weighted by atomic mass is 10.0. The highest BCUT2D eigenvalue weighted by Gasteiger charge is 2.30. The number of hydrogen-bond acceptors (Lipinski definition) is 24. The topological polar surface area (TPSA) is 532 Å². The number of fused-ring (bicyclic) bond motifs is 4. The van der Waals surface area contributed by atoms with Crippen molar-refractivity contribution in [1.82, 2.24) is 0 Å². The Morgan fingerprint density at radius 2 is 0.786 bits per heavy atom. The van der Waals surface area contributed by atoms with Gasteiger partial charge in [0.2, 0.25) is 0 Å². The van der Waals surface area contributed by atoms with Gasteiger partial charge in [-0.2, -0.15) is 57.4 Å². The molecule has 0 bridgehead atoms. The first-order chi connectivity index (χ1) is 39.1. The number of nitrogens with two attached hydrogens (primary N) is 1. The highest BCUT2D eigenvalue weighted by Crippen LogP contribution is 2.50. The zero-order valence-corrected chi connectivity index (χ0v) is 45.1. The van der Waals surface area contributed by atoms with Crippen LogP contribution in [-0.2, 0) is 50.6 Å². The molecule has 12 N–H and O–H groups in total. The van der Waals surface area contributed by atoms with Gasteiger partial charge < -0.3 is 31.3 Å². The lowest BCUT2D eigenvalue weighted by Gasteiger charge is -2.14. The quantitative estimate of drug-likeness (QED) is 0.0258. The van der Waals surface area contributed by atoms with Crippen LogP contribution in [0.3, 0.4) is 0 Å². The fourth-order valence-electron chi connectivity index (χ4n) is 8.39. The van der Waals surface area contributed by atoms with E-state index in [1.807, 2.05) is 0 Å². The summed E-state index contributed by atoms with van der Waals surface area (Å²) >= 11 is 0. The average molecular weight is 1250 g/mol. The van der Waals surface area contributed by atoms with Crippen LogP contribution in [-0.4, -0.2) is 102 Å². The summed E-state index contributed by atoms with van der Waals surface area (Å²) in [5.74, 6) is -6.28. The van der Waals surface area contributed by atoms with Crippen molar-refractivity contribution >= 4 is 157 Å². The van der Waals surface area contributed by atoms with Crippen LogP contribution in [0.4, 0.5) is 51.2 Å². The van der Waals surface area contributed by atoms with Crippen LogP contribution in [0.25, 0.3) is 43.1 Å². The predicted octanol–water partition coefficient (Wildman–Crippen LogP) is 10.3. The highest BCUT2D eigenvalue weighted by atomic mass is 32.2. The van der Waals surface area contributed by atoms with E-state index < -0.39 is 160 Å². The molecule has 0 aliphatic carbocycles. The number of phenolic OH excluding ortho intramolecular Hbond substituents is 3. The zero-order valence-electron chi connectivity index (χ0n) is 41.0. The van der Waals surface area contributed by atoms with E-state index in [0.29, 0.717) is 12.1 Å². The summed E-state index contributed by atoms with van der Waals surface area (Å²) in [7, 11) is -26.1. The fourth-order valence-corrected chi connectivity index (χ4v) is 11.7. The van der Waals surface area contributed by atoms with Crippen LogP contribution >= 0.6 is 0 Å². The number of anilines is 1. The van der Waals surface area contributed by atoms with Crippen LogP contribution in [0.5, 0.6) is 17.2 Å². The molecule has 0 saturated carbocycles. The summed E-state index contributed by atoms with van der Waals surface area (Å²) in [6.45, 7) is 0. The summed E-state index contributed by atoms with van der Waals surface area (Å²) in [4.78, 5) is 18.2. The molecular weight excluding hydrogens is 1210 g/mol. The number of carboxylic acids is 2. The van der Waals surface area contributed by atoms with E-state index >= 15 is 0 Å². The largest absolute Gasteiger partial charge is 0.505 e. The zero-order chi connectivity index (χ0) is 61.3. The van der Waals surface area contributed by atoms with Crippen LogP contribution in [0.15, 0.2) is 181 Å². The van der Waals surface area contributed by atoms with Gasteiger partial charge in [-0.05, 0) is 101 Å². The number of benzene rings is 9. The molecule has 0 atom stereocenters. The van der Waals surface area contributed by atoms with Gasteiger partial charge in [0.25, 0.3) is 50.6 Å². The molecular formula is C48H31N9O22S5. The Hall–Kier alpha value is -9.89. The monoisotopic (exact) mass is 1250 g/mol. The molecule has 0 radical (unpaired) electrons. The van der Waals surface area contributed by atoms with Crippen LogP contribution in [0, 0.1) is 0 Å². The number of rotatable bonds is 15. The number of aromatic hydroxyl groups is 3. The van der Waals surface area contributed by atoms with E-state index in [9.17, 15) is 100.0 Å². The van der Waals surface area contributed by atoms with E-state index in [2.05, 4.69) is 40.9 Å². The maximum absolute atomic E-state index is 12.9. The number of azo groups is 4. The number of phenols is 3. The lowest BCUT2D eigenvalue weighted by molar-refractivity contribution is 0.0696. The van der Waals surface area contributed by atoms with Crippen LogP contribution in [0.2, 0.25) is 0 Å². The van der Waals surface area contributed by atoms with Crippen molar-refractivity contribution < 1.29 is 100.0 Å². The molecule has 0 heterocycles. The molecule has 9 aromatic rings. The SMILES string of the molecule is Nc1c(N=Nc2ccc3cc(S(=O)(=O)O)c(N=Nc4ccc(S(=O)(=O)O)c5ccccc45)c(O)c3c2)c(S(=O)(=O)O)cc2cc(S(=O)(=O)O)c(N=Nc3ccc4c(O)c(N=Nc5cc(C(=O)O)cc(C(=O)O)c5)c(S(=O)(=O)O)cc4c3)c(O)c12. The summed E-state index contributed by atoms with van der Waals surface area (Å²) in [6.07, 6.45) is 0. The number of carboxylic acid groups (broad SMARTS) is 2. The number of aromatic carboxylic acids is 2. The molecule has 0 aromatic heterocycles. The van der Waals surface area contributed by atoms with Crippen molar-refractivity contribution in [3.63, 3.8) is 0 Å². The van der Waals surface area contributed by atoms with Crippen molar-refractivity contribution in [3.8, 4) is 17.2 Å². The maximum Gasteiger partial charge on any atom is 0.335 e. The van der Waals surface area contributed by atoms with Gasteiger partial charge in [0.1, 0.15) is 47.2 Å². The third-order valence-electron chi connectivity index (χ3n) is 12.1. The van der Waals surface area contributed by atoms with Gasteiger partial charge in [-0.25, -0.2) is 9.59 Å². The molecule has 36 heteroatoms. The molecule has 0 saturated heterocycles. The molecule has 430 valence electrons. The number of carbonyl (C=O) groups is 2. The minimum absolute atomic E-state index is 0.0182. The van der Waals surface area contributed by atoms with Crippen LogP contribution in [0.1, 0.15) is 20.7 Å². The second-order valence-electron chi connectivity index (χ2n) is 17.4. The van der Waals surface area contributed by atoms with E-state index in [0.717, 1.165) is 78.9 Å². The van der Waals surface area contributed by atoms with E-state index in [1.165, 1.54) is 24.3 Å². The summed E-state index contributed by atoms with van der Waals surface area (Å²) in [5.41, 5.74) is -0.527. The predicted molar refractivity (Wildman–Crippen MR) is 291 cm³/mol. The van der Waals surface area contributed by atoms with Gasteiger partial charge in [-0.3, -0.25) is 22.8 Å². The Bertz CT molecular complexity index is 5140. The Morgan fingerprint density at radius 3 is 1.32 bits per heavy atom. The molecule has 84 heavy (non-hydrogen) atoms. The van der Waals surface area contributed by atoms with Gasteiger partial charge in [-0.15, -0.1) is 25.6 Å². The number of nitrogens with zero attached hydrogens (tertiary/aromatic N) is 8. The maximum atomic E-state index is 12.9.